The van der Waals surface area contributed by atoms with Crippen LogP contribution < -0.4 is 9.47 Å². The van der Waals surface area contributed by atoms with Gasteiger partial charge in [0.1, 0.15) is 5.75 Å². The molecule has 0 fully saturated rings. The van der Waals surface area contributed by atoms with Gasteiger partial charge in [-0.25, -0.2) is 0 Å². The van der Waals surface area contributed by atoms with E-state index in [2.05, 4.69) is 4.98 Å². The first-order valence-corrected chi connectivity index (χ1v) is 5.67. The van der Waals surface area contributed by atoms with Crippen LogP contribution in [0.15, 0.2) is 48.8 Å². The molecule has 0 aliphatic heterocycles. The van der Waals surface area contributed by atoms with E-state index < -0.39 is 0 Å². The molecular formula is C14H13NO3. The van der Waals surface area contributed by atoms with Gasteiger partial charge < -0.3 is 9.47 Å². The molecule has 2 rings (SSSR count). The van der Waals surface area contributed by atoms with Gasteiger partial charge in [0.25, 0.3) is 0 Å². The van der Waals surface area contributed by atoms with Gasteiger partial charge in [0, 0.05) is 18.7 Å². The van der Waals surface area contributed by atoms with Crippen molar-refractivity contribution in [2.24, 2.45) is 0 Å². The average Bonchev–Trinajstić information content (AvgIpc) is 2.42. The number of rotatable bonds is 4. The van der Waals surface area contributed by atoms with E-state index in [9.17, 15) is 4.79 Å². The minimum atomic E-state index is -0.306. The highest BCUT2D eigenvalue weighted by molar-refractivity contribution is 5.72. The maximum absolute atomic E-state index is 11.3. The molecule has 0 spiro atoms. The summed E-state index contributed by atoms with van der Waals surface area (Å²) in [5, 5.41) is 0. The van der Waals surface area contributed by atoms with Gasteiger partial charge in [-0.3, -0.25) is 9.78 Å². The van der Waals surface area contributed by atoms with Gasteiger partial charge in [-0.05, 0) is 12.1 Å². The highest BCUT2D eigenvalue weighted by atomic mass is 16.6. The van der Waals surface area contributed by atoms with Crippen molar-refractivity contribution < 1.29 is 14.3 Å². The first-order valence-electron chi connectivity index (χ1n) is 5.67. The summed E-state index contributed by atoms with van der Waals surface area (Å²) in [6, 6.07) is 10.9. The molecule has 2 aromatic rings. The van der Waals surface area contributed by atoms with Crippen LogP contribution in [0, 0.1) is 0 Å². The second-order valence-corrected chi connectivity index (χ2v) is 3.57. The number of benzene rings is 1. The molecule has 0 saturated heterocycles. The van der Waals surface area contributed by atoms with Gasteiger partial charge in [0.15, 0.2) is 11.5 Å². The summed E-state index contributed by atoms with van der Waals surface area (Å²) in [7, 11) is 0. The summed E-state index contributed by atoms with van der Waals surface area (Å²) in [5.74, 6) is 1.16. The topological polar surface area (TPSA) is 48.4 Å². The van der Waals surface area contributed by atoms with E-state index in [-0.39, 0.29) is 5.97 Å². The van der Waals surface area contributed by atoms with E-state index >= 15 is 0 Å². The third kappa shape index (κ3) is 3.07. The summed E-state index contributed by atoms with van der Waals surface area (Å²) in [6.07, 6.45) is 3.38. The van der Waals surface area contributed by atoms with Crippen molar-refractivity contribution in [2.75, 3.05) is 0 Å². The number of carbonyl (C=O) groups excluding carboxylic acids is 1. The first kappa shape index (κ1) is 12.1. The highest BCUT2D eigenvalue weighted by Crippen LogP contribution is 2.30. The molecule has 0 N–H and O–H groups in total. The van der Waals surface area contributed by atoms with E-state index in [1.807, 2.05) is 30.3 Å². The minimum Gasteiger partial charge on any atom is -0.452 e. The van der Waals surface area contributed by atoms with E-state index in [0.29, 0.717) is 23.7 Å². The highest BCUT2D eigenvalue weighted by Gasteiger charge is 2.09. The van der Waals surface area contributed by atoms with Crippen LogP contribution in [0.4, 0.5) is 0 Å². The fraction of sp³-hybridized carbons (Fsp3) is 0.143. The maximum atomic E-state index is 11.3. The Morgan fingerprint density at radius 1 is 1.17 bits per heavy atom. The van der Waals surface area contributed by atoms with Crippen molar-refractivity contribution in [3.05, 3.63) is 48.8 Å². The molecule has 0 aliphatic rings. The molecule has 0 radical (unpaired) electrons. The molecule has 1 aromatic heterocycles. The molecule has 92 valence electrons. The summed E-state index contributed by atoms with van der Waals surface area (Å²) in [5.41, 5.74) is 0. The summed E-state index contributed by atoms with van der Waals surface area (Å²) in [4.78, 5) is 15.2. The minimum absolute atomic E-state index is 0.306. The third-order valence-corrected chi connectivity index (χ3v) is 2.23. The van der Waals surface area contributed by atoms with Gasteiger partial charge in [-0.1, -0.05) is 25.1 Å². The lowest BCUT2D eigenvalue weighted by atomic mass is 10.3. The Bertz CT molecular complexity index is 526. The van der Waals surface area contributed by atoms with Gasteiger partial charge in [-0.2, -0.15) is 0 Å². The zero-order valence-corrected chi connectivity index (χ0v) is 10.00. The van der Waals surface area contributed by atoms with E-state index in [0.717, 1.165) is 0 Å². The molecule has 0 unspecified atom stereocenters. The second kappa shape index (κ2) is 5.82. The Labute approximate surface area is 105 Å². The zero-order valence-electron chi connectivity index (χ0n) is 10.00. The Hall–Kier alpha value is -2.36. The standard InChI is InChI=1S/C14H13NO3/c1-2-14(16)18-12-8-9-15-10-13(12)17-11-6-4-3-5-7-11/h3-10H,2H2,1H3. The number of nitrogens with zero attached hydrogens (tertiary/aromatic N) is 1. The van der Waals surface area contributed by atoms with Crippen LogP contribution in [0.2, 0.25) is 0 Å². The number of pyridine rings is 1. The van der Waals surface area contributed by atoms with Crippen LogP contribution in [0.25, 0.3) is 0 Å². The molecule has 0 atom stereocenters. The zero-order chi connectivity index (χ0) is 12.8. The Morgan fingerprint density at radius 2 is 1.94 bits per heavy atom. The number of carbonyl (C=O) groups is 1. The lowest BCUT2D eigenvalue weighted by Gasteiger charge is -2.09. The second-order valence-electron chi connectivity index (χ2n) is 3.57. The smallest absolute Gasteiger partial charge is 0.311 e. The van der Waals surface area contributed by atoms with Gasteiger partial charge in [0.05, 0.1) is 6.20 Å². The van der Waals surface area contributed by atoms with E-state index in [1.165, 1.54) is 6.20 Å². The molecule has 1 heterocycles. The Kier molecular flexibility index (Phi) is 3.91. The first-order chi connectivity index (χ1) is 8.79. The third-order valence-electron chi connectivity index (χ3n) is 2.23. The normalized spacial score (nSPS) is 9.83. The van der Waals surface area contributed by atoms with Gasteiger partial charge >= 0.3 is 5.97 Å². The molecule has 4 nitrogen and oxygen atoms in total. The fourth-order valence-corrected chi connectivity index (χ4v) is 1.34. The van der Waals surface area contributed by atoms with Crippen molar-refractivity contribution in [3.63, 3.8) is 0 Å². The number of esters is 1. The number of hydrogen-bond donors (Lipinski definition) is 0. The van der Waals surface area contributed by atoms with Crippen LogP contribution in [0.3, 0.4) is 0 Å². The molecule has 0 aliphatic carbocycles. The van der Waals surface area contributed by atoms with Crippen LogP contribution in [0.1, 0.15) is 13.3 Å². The number of hydrogen-bond acceptors (Lipinski definition) is 4. The van der Waals surface area contributed by atoms with Crippen LogP contribution in [-0.2, 0) is 4.79 Å². The van der Waals surface area contributed by atoms with Crippen molar-refractivity contribution in [1.29, 1.82) is 0 Å². The molecule has 0 amide bonds. The van der Waals surface area contributed by atoms with Crippen molar-refractivity contribution >= 4 is 5.97 Å². The van der Waals surface area contributed by atoms with Crippen LogP contribution >= 0.6 is 0 Å². The van der Waals surface area contributed by atoms with Crippen molar-refractivity contribution in [1.82, 2.24) is 4.98 Å². The van der Waals surface area contributed by atoms with Gasteiger partial charge in [-0.15, -0.1) is 0 Å². The summed E-state index contributed by atoms with van der Waals surface area (Å²) >= 11 is 0. The van der Waals surface area contributed by atoms with Crippen LogP contribution in [0.5, 0.6) is 17.2 Å². The lowest BCUT2D eigenvalue weighted by Crippen LogP contribution is -2.06. The van der Waals surface area contributed by atoms with Crippen molar-refractivity contribution in [3.8, 4) is 17.2 Å². The van der Waals surface area contributed by atoms with Crippen molar-refractivity contribution in [2.45, 2.75) is 13.3 Å². The largest absolute Gasteiger partial charge is 0.452 e. The maximum Gasteiger partial charge on any atom is 0.311 e. The molecular weight excluding hydrogens is 230 g/mol. The molecule has 1 aromatic carbocycles. The predicted octanol–water partition coefficient (Wildman–Crippen LogP) is 3.19. The van der Waals surface area contributed by atoms with E-state index in [4.69, 9.17) is 9.47 Å². The number of aromatic nitrogens is 1. The van der Waals surface area contributed by atoms with Gasteiger partial charge in [0.2, 0.25) is 0 Å². The lowest BCUT2D eigenvalue weighted by molar-refractivity contribution is -0.134. The monoisotopic (exact) mass is 243 g/mol. The Balaban J connectivity index is 2.20. The molecule has 18 heavy (non-hydrogen) atoms. The van der Waals surface area contributed by atoms with Crippen LogP contribution in [-0.4, -0.2) is 11.0 Å². The SMILES string of the molecule is CCC(=O)Oc1ccncc1Oc1ccccc1. The number of ether oxygens (including phenoxy) is 2. The van der Waals surface area contributed by atoms with E-state index in [1.54, 1.807) is 19.2 Å². The Morgan fingerprint density at radius 3 is 2.67 bits per heavy atom. The average molecular weight is 243 g/mol. The fourth-order valence-electron chi connectivity index (χ4n) is 1.34. The summed E-state index contributed by atoms with van der Waals surface area (Å²) < 4.78 is 10.8. The summed E-state index contributed by atoms with van der Waals surface area (Å²) in [6.45, 7) is 1.74. The quantitative estimate of drug-likeness (QED) is 0.774. The molecule has 4 heteroatoms. The predicted molar refractivity (Wildman–Crippen MR) is 66.7 cm³/mol. The molecule has 0 bridgehead atoms. The number of para-hydroxylation sites is 1. The molecule has 0 saturated carbocycles.